The SMILES string of the molecule is NC(=O)c1ccc(COc2cc(Cl)c(Br)cc2Cl)c(N)c1. The molecule has 0 bridgehead atoms. The first kappa shape index (κ1) is 15.9. The maximum Gasteiger partial charge on any atom is 0.248 e. The van der Waals surface area contributed by atoms with Crippen LogP contribution in [0.3, 0.4) is 0 Å². The second-order valence-electron chi connectivity index (χ2n) is 4.26. The summed E-state index contributed by atoms with van der Waals surface area (Å²) >= 11 is 15.3. The van der Waals surface area contributed by atoms with Crippen molar-refractivity contribution in [3.8, 4) is 5.75 Å². The van der Waals surface area contributed by atoms with E-state index in [4.69, 9.17) is 39.4 Å². The van der Waals surface area contributed by atoms with Crippen LogP contribution in [0.4, 0.5) is 5.69 Å². The van der Waals surface area contributed by atoms with Crippen LogP contribution in [-0.4, -0.2) is 5.91 Å². The van der Waals surface area contributed by atoms with Crippen LogP contribution in [0.1, 0.15) is 15.9 Å². The molecule has 0 aromatic heterocycles. The Labute approximate surface area is 140 Å². The van der Waals surface area contributed by atoms with E-state index in [1.165, 1.54) is 6.07 Å². The first-order valence-corrected chi connectivity index (χ1v) is 7.39. The largest absolute Gasteiger partial charge is 0.487 e. The van der Waals surface area contributed by atoms with Crippen LogP contribution in [0.25, 0.3) is 0 Å². The molecule has 0 radical (unpaired) electrons. The van der Waals surface area contributed by atoms with E-state index in [0.29, 0.717) is 31.5 Å². The average Bonchev–Trinajstić information content (AvgIpc) is 2.42. The molecular formula is C14H11BrCl2N2O2. The van der Waals surface area contributed by atoms with Gasteiger partial charge in [-0.05, 0) is 34.1 Å². The van der Waals surface area contributed by atoms with Crippen LogP contribution >= 0.6 is 39.1 Å². The summed E-state index contributed by atoms with van der Waals surface area (Å²) in [6, 6.07) is 8.05. The number of amides is 1. The minimum absolute atomic E-state index is 0.197. The fourth-order valence-electron chi connectivity index (χ4n) is 1.65. The first-order valence-electron chi connectivity index (χ1n) is 5.84. The molecule has 4 N–H and O–H groups in total. The van der Waals surface area contributed by atoms with Crippen molar-refractivity contribution in [2.75, 3.05) is 5.73 Å². The molecule has 0 spiro atoms. The van der Waals surface area contributed by atoms with Gasteiger partial charge in [-0.3, -0.25) is 4.79 Å². The van der Waals surface area contributed by atoms with E-state index in [1.54, 1.807) is 24.3 Å². The number of halogens is 3. The van der Waals surface area contributed by atoms with E-state index in [1.807, 2.05) is 0 Å². The molecule has 0 atom stereocenters. The molecule has 7 heteroatoms. The highest BCUT2D eigenvalue weighted by atomic mass is 79.9. The Morgan fingerprint density at radius 3 is 2.52 bits per heavy atom. The number of carbonyl (C=O) groups is 1. The number of anilines is 1. The Hall–Kier alpha value is -1.43. The number of carbonyl (C=O) groups excluding carboxylic acids is 1. The molecule has 0 aliphatic heterocycles. The molecule has 0 aliphatic rings. The fraction of sp³-hybridized carbons (Fsp3) is 0.0714. The van der Waals surface area contributed by atoms with Crippen LogP contribution in [-0.2, 0) is 6.61 Å². The van der Waals surface area contributed by atoms with Gasteiger partial charge in [0.05, 0.1) is 10.0 Å². The lowest BCUT2D eigenvalue weighted by molar-refractivity contribution is 0.100. The molecule has 2 rings (SSSR count). The quantitative estimate of drug-likeness (QED) is 0.612. The van der Waals surface area contributed by atoms with Gasteiger partial charge in [0.25, 0.3) is 0 Å². The first-order chi connectivity index (χ1) is 9.88. The van der Waals surface area contributed by atoms with E-state index in [-0.39, 0.29) is 6.61 Å². The fourth-order valence-corrected chi connectivity index (χ4v) is 2.50. The zero-order valence-electron chi connectivity index (χ0n) is 10.7. The van der Waals surface area contributed by atoms with Gasteiger partial charge in [-0.2, -0.15) is 0 Å². The van der Waals surface area contributed by atoms with E-state index in [0.717, 1.165) is 5.56 Å². The molecule has 0 aliphatic carbocycles. The van der Waals surface area contributed by atoms with Gasteiger partial charge in [0.15, 0.2) is 0 Å². The van der Waals surface area contributed by atoms with Gasteiger partial charge in [-0.1, -0.05) is 29.3 Å². The third-order valence-corrected chi connectivity index (χ3v) is 4.28. The predicted octanol–water partition coefficient (Wildman–Crippen LogP) is 4.02. The Balaban J connectivity index is 2.17. The lowest BCUT2D eigenvalue weighted by Gasteiger charge is -2.11. The number of nitrogens with two attached hydrogens (primary N) is 2. The number of ether oxygens (including phenoxy) is 1. The number of primary amides is 1. The normalized spacial score (nSPS) is 10.4. The molecule has 21 heavy (non-hydrogen) atoms. The van der Waals surface area contributed by atoms with E-state index in [2.05, 4.69) is 15.9 Å². The van der Waals surface area contributed by atoms with E-state index < -0.39 is 5.91 Å². The lowest BCUT2D eigenvalue weighted by Crippen LogP contribution is -2.12. The highest BCUT2D eigenvalue weighted by molar-refractivity contribution is 9.10. The summed E-state index contributed by atoms with van der Waals surface area (Å²) in [5.74, 6) is -0.0832. The van der Waals surface area contributed by atoms with Crippen LogP contribution in [0, 0.1) is 0 Å². The summed E-state index contributed by atoms with van der Waals surface area (Å²) in [6.07, 6.45) is 0. The second kappa shape index (κ2) is 6.56. The van der Waals surface area contributed by atoms with Gasteiger partial charge in [-0.25, -0.2) is 0 Å². The minimum Gasteiger partial charge on any atom is -0.487 e. The van der Waals surface area contributed by atoms with E-state index in [9.17, 15) is 4.79 Å². The van der Waals surface area contributed by atoms with Crippen molar-refractivity contribution in [3.05, 3.63) is 56.0 Å². The van der Waals surface area contributed by atoms with Gasteiger partial charge in [0.2, 0.25) is 5.91 Å². The molecule has 0 heterocycles. The summed E-state index contributed by atoms with van der Waals surface area (Å²) < 4.78 is 6.29. The molecule has 110 valence electrons. The lowest BCUT2D eigenvalue weighted by atomic mass is 10.1. The van der Waals surface area contributed by atoms with Crippen molar-refractivity contribution in [2.24, 2.45) is 5.73 Å². The van der Waals surface area contributed by atoms with Crippen molar-refractivity contribution in [2.45, 2.75) is 6.61 Å². The van der Waals surface area contributed by atoms with Crippen molar-refractivity contribution >= 4 is 50.7 Å². The molecule has 0 saturated carbocycles. The molecular weight excluding hydrogens is 379 g/mol. The third kappa shape index (κ3) is 3.81. The summed E-state index contributed by atoms with van der Waals surface area (Å²) in [5, 5.41) is 0.921. The van der Waals surface area contributed by atoms with Crippen molar-refractivity contribution in [3.63, 3.8) is 0 Å². The Morgan fingerprint density at radius 1 is 1.19 bits per heavy atom. The Morgan fingerprint density at radius 2 is 1.90 bits per heavy atom. The van der Waals surface area contributed by atoms with Crippen molar-refractivity contribution in [1.29, 1.82) is 0 Å². The zero-order valence-corrected chi connectivity index (χ0v) is 13.8. The maximum atomic E-state index is 11.1. The maximum absolute atomic E-state index is 11.1. The number of benzene rings is 2. The average molecular weight is 390 g/mol. The number of rotatable bonds is 4. The van der Waals surface area contributed by atoms with Crippen molar-refractivity contribution < 1.29 is 9.53 Å². The molecule has 4 nitrogen and oxygen atoms in total. The third-order valence-electron chi connectivity index (χ3n) is 2.79. The van der Waals surface area contributed by atoms with Gasteiger partial charge in [-0.15, -0.1) is 0 Å². The molecule has 2 aromatic rings. The number of hydrogen-bond acceptors (Lipinski definition) is 3. The minimum atomic E-state index is -0.531. The summed E-state index contributed by atoms with van der Waals surface area (Å²) in [5.41, 5.74) is 12.5. The summed E-state index contributed by atoms with van der Waals surface area (Å²) in [6.45, 7) is 0.197. The van der Waals surface area contributed by atoms with Crippen LogP contribution < -0.4 is 16.2 Å². The van der Waals surface area contributed by atoms with Gasteiger partial charge < -0.3 is 16.2 Å². The molecule has 0 unspecified atom stereocenters. The van der Waals surface area contributed by atoms with E-state index >= 15 is 0 Å². The van der Waals surface area contributed by atoms with Gasteiger partial charge >= 0.3 is 0 Å². The topological polar surface area (TPSA) is 78.3 Å². The monoisotopic (exact) mass is 388 g/mol. The summed E-state index contributed by atoms with van der Waals surface area (Å²) in [4.78, 5) is 11.1. The Bertz CT molecular complexity index is 708. The summed E-state index contributed by atoms with van der Waals surface area (Å²) in [7, 11) is 0. The van der Waals surface area contributed by atoms with Crippen molar-refractivity contribution in [1.82, 2.24) is 0 Å². The smallest absolute Gasteiger partial charge is 0.248 e. The highest BCUT2D eigenvalue weighted by Crippen LogP contribution is 2.34. The van der Waals surface area contributed by atoms with Crippen LogP contribution in [0.15, 0.2) is 34.8 Å². The number of hydrogen-bond donors (Lipinski definition) is 2. The molecule has 1 amide bonds. The molecule has 0 saturated heterocycles. The molecule has 0 fully saturated rings. The Kier molecular flexibility index (Phi) is 4.98. The second-order valence-corrected chi connectivity index (χ2v) is 5.93. The predicted molar refractivity (Wildman–Crippen MR) is 87.9 cm³/mol. The van der Waals surface area contributed by atoms with Crippen LogP contribution in [0.5, 0.6) is 5.75 Å². The standard InChI is InChI=1S/C14H11BrCl2N2O2/c15-9-4-11(17)13(5-10(9)16)21-6-8-2-1-7(14(19)20)3-12(8)18/h1-5H,6,18H2,(H2,19,20). The van der Waals surface area contributed by atoms with Crippen LogP contribution in [0.2, 0.25) is 10.0 Å². The van der Waals surface area contributed by atoms with Gasteiger partial charge in [0.1, 0.15) is 12.4 Å². The molecule has 2 aromatic carbocycles. The highest BCUT2D eigenvalue weighted by Gasteiger charge is 2.09. The zero-order chi connectivity index (χ0) is 15.6. The van der Waals surface area contributed by atoms with Gasteiger partial charge in [0, 0.05) is 27.4 Å². The number of nitrogen functional groups attached to an aromatic ring is 1.